The first-order valence-corrected chi connectivity index (χ1v) is 16.4. The van der Waals surface area contributed by atoms with Crippen LogP contribution in [0, 0.1) is 0 Å². The second kappa shape index (κ2) is 16.2. The zero-order valence-corrected chi connectivity index (χ0v) is 29.0. The van der Waals surface area contributed by atoms with E-state index in [1.807, 2.05) is 65.6 Å². The number of hydrogen-bond acceptors (Lipinski definition) is 5. The summed E-state index contributed by atoms with van der Waals surface area (Å²) in [4.78, 5) is 31.7. The normalized spacial score (nSPS) is 21.6. The Hall–Kier alpha value is -2.36. The number of rotatable bonds is 8. The molecule has 1 N–H and O–H groups in total. The Bertz CT molecular complexity index is 1450. The minimum atomic E-state index is -0.738. The van der Waals surface area contributed by atoms with E-state index in [1.54, 1.807) is 6.07 Å². The van der Waals surface area contributed by atoms with Crippen LogP contribution in [-0.2, 0) is 20.5 Å². The van der Waals surface area contributed by atoms with Crippen molar-refractivity contribution in [3.63, 3.8) is 0 Å². The summed E-state index contributed by atoms with van der Waals surface area (Å²) in [5.41, 5.74) is 4.60. The van der Waals surface area contributed by atoms with E-state index in [0.717, 1.165) is 69.5 Å². The van der Waals surface area contributed by atoms with E-state index in [0.29, 0.717) is 41.7 Å². The van der Waals surface area contributed by atoms with Crippen LogP contribution in [0.4, 0.5) is 0 Å². The summed E-state index contributed by atoms with van der Waals surface area (Å²) in [6, 6.07) is 25.3. The van der Waals surface area contributed by atoms with E-state index in [2.05, 4.69) is 27.5 Å². The highest BCUT2D eigenvalue weighted by atomic mass is 35.5. The molecule has 3 aliphatic heterocycles. The van der Waals surface area contributed by atoms with Gasteiger partial charge in [-0.25, -0.2) is 5.01 Å². The lowest BCUT2D eigenvalue weighted by Crippen LogP contribution is -2.56. The molecule has 0 radical (unpaired) electrons. The van der Waals surface area contributed by atoms with Crippen LogP contribution < -0.4 is 5.43 Å². The maximum Gasteiger partial charge on any atom is 0.254 e. The molecular weight excluding hydrogens is 666 g/mol. The summed E-state index contributed by atoms with van der Waals surface area (Å²) in [6.07, 6.45) is 4.36. The summed E-state index contributed by atoms with van der Waals surface area (Å²) in [5, 5.41) is 3.02. The van der Waals surface area contributed by atoms with Crippen molar-refractivity contribution in [2.24, 2.45) is 0 Å². The van der Waals surface area contributed by atoms with Crippen molar-refractivity contribution >= 4 is 59.8 Å². The van der Waals surface area contributed by atoms with Crippen LogP contribution in [0.2, 0.25) is 10.0 Å². The highest BCUT2D eigenvalue weighted by Crippen LogP contribution is 2.40. The molecule has 2 amide bonds. The number of benzene rings is 3. The van der Waals surface area contributed by atoms with Crippen molar-refractivity contribution in [3.05, 3.63) is 106 Å². The first kappa shape index (κ1) is 36.5. The van der Waals surface area contributed by atoms with Crippen LogP contribution >= 0.6 is 48.0 Å². The Morgan fingerprint density at radius 3 is 2.09 bits per heavy atom. The van der Waals surface area contributed by atoms with Crippen LogP contribution in [0.15, 0.2) is 78.9 Å². The molecule has 3 heterocycles. The topological polar surface area (TPSA) is 65.1 Å². The molecule has 1 unspecified atom stereocenters. The number of nitrogens with one attached hydrogen (secondary N) is 1. The highest BCUT2D eigenvalue weighted by Gasteiger charge is 2.45. The van der Waals surface area contributed by atoms with Gasteiger partial charge in [0.25, 0.3) is 5.91 Å². The van der Waals surface area contributed by atoms with Gasteiger partial charge in [0.1, 0.15) is 5.60 Å². The minimum Gasteiger partial charge on any atom is -0.367 e. The molecule has 11 heteroatoms. The maximum atomic E-state index is 13.8. The number of amides is 2. The smallest absolute Gasteiger partial charge is 0.254 e. The number of halogens is 4. The van der Waals surface area contributed by atoms with Crippen molar-refractivity contribution in [2.75, 3.05) is 52.4 Å². The second-order valence-corrected chi connectivity index (χ2v) is 13.1. The number of carbonyl (C=O) groups excluding carboxylic acids is 2. The van der Waals surface area contributed by atoms with Crippen LogP contribution in [0.1, 0.15) is 53.6 Å². The van der Waals surface area contributed by atoms with Gasteiger partial charge in [0, 0.05) is 31.7 Å². The number of carbonyl (C=O) groups is 2. The molecule has 0 saturated carbocycles. The van der Waals surface area contributed by atoms with Gasteiger partial charge in [-0.15, -0.1) is 24.8 Å². The molecule has 0 bridgehead atoms. The Labute approximate surface area is 294 Å². The summed E-state index contributed by atoms with van der Waals surface area (Å²) in [7, 11) is 0. The third-order valence-corrected chi connectivity index (χ3v) is 10.3. The second-order valence-electron chi connectivity index (χ2n) is 12.2. The predicted molar refractivity (Wildman–Crippen MR) is 188 cm³/mol. The SMILES string of the molecule is Cl.Cl.O=C(c1ccccc1)N1CCOC(CCN2CCC(C(=O)NN3CCCC3)(c3ccccc3)CC2)(c2ccc(Cl)c(Cl)c2)C1. The molecule has 46 heavy (non-hydrogen) atoms. The molecule has 3 aliphatic rings. The van der Waals surface area contributed by atoms with Gasteiger partial charge in [0.15, 0.2) is 0 Å². The molecule has 3 aromatic carbocycles. The van der Waals surface area contributed by atoms with Crippen molar-refractivity contribution in [2.45, 2.75) is 43.1 Å². The van der Waals surface area contributed by atoms with Crippen LogP contribution in [0.5, 0.6) is 0 Å². The van der Waals surface area contributed by atoms with Gasteiger partial charge < -0.3 is 14.5 Å². The Kier molecular flexibility index (Phi) is 12.8. The molecular formula is C35H42Cl4N4O3. The average Bonchev–Trinajstić information content (AvgIpc) is 3.59. The van der Waals surface area contributed by atoms with Crippen molar-refractivity contribution in [1.82, 2.24) is 20.2 Å². The van der Waals surface area contributed by atoms with Gasteiger partial charge in [-0.2, -0.15) is 0 Å². The Morgan fingerprint density at radius 1 is 0.783 bits per heavy atom. The third kappa shape index (κ3) is 7.84. The van der Waals surface area contributed by atoms with Crippen molar-refractivity contribution < 1.29 is 14.3 Å². The summed E-state index contributed by atoms with van der Waals surface area (Å²) < 4.78 is 6.58. The zero-order chi connectivity index (χ0) is 30.6. The van der Waals surface area contributed by atoms with E-state index < -0.39 is 11.0 Å². The predicted octanol–water partition coefficient (Wildman–Crippen LogP) is 6.76. The maximum absolute atomic E-state index is 13.8. The van der Waals surface area contributed by atoms with Gasteiger partial charge in [0.2, 0.25) is 5.91 Å². The number of hydrogen-bond donors (Lipinski definition) is 1. The van der Waals surface area contributed by atoms with Gasteiger partial charge >= 0.3 is 0 Å². The largest absolute Gasteiger partial charge is 0.367 e. The molecule has 3 fully saturated rings. The van der Waals surface area contributed by atoms with E-state index in [1.165, 1.54) is 0 Å². The minimum absolute atomic E-state index is 0. The van der Waals surface area contributed by atoms with Gasteiger partial charge in [-0.05, 0) is 80.6 Å². The first-order valence-electron chi connectivity index (χ1n) is 15.7. The summed E-state index contributed by atoms with van der Waals surface area (Å²) in [5.74, 6) is 0.0937. The van der Waals surface area contributed by atoms with Crippen LogP contribution in [0.3, 0.4) is 0 Å². The fourth-order valence-corrected chi connectivity index (χ4v) is 7.25. The Morgan fingerprint density at radius 2 is 1.43 bits per heavy atom. The molecule has 248 valence electrons. The molecule has 7 nitrogen and oxygen atoms in total. The quantitative estimate of drug-likeness (QED) is 0.281. The number of likely N-dealkylation sites (tertiary alicyclic amines) is 1. The van der Waals surface area contributed by atoms with E-state index in [-0.39, 0.29) is 36.6 Å². The first-order chi connectivity index (χ1) is 21.4. The highest BCUT2D eigenvalue weighted by molar-refractivity contribution is 6.42. The van der Waals surface area contributed by atoms with Gasteiger partial charge in [-0.3, -0.25) is 15.0 Å². The van der Waals surface area contributed by atoms with Crippen LogP contribution in [0.25, 0.3) is 0 Å². The zero-order valence-electron chi connectivity index (χ0n) is 25.8. The lowest BCUT2D eigenvalue weighted by Gasteiger charge is -2.46. The van der Waals surface area contributed by atoms with Crippen molar-refractivity contribution in [3.8, 4) is 0 Å². The fourth-order valence-electron chi connectivity index (χ4n) is 6.95. The van der Waals surface area contributed by atoms with E-state index >= 15 is 0 Å². The molecule has 3 aromatic rings. The lowest BCUT2D eigenvalue weighted by atomic mass is 9.72. The fraction of sp³-hybridized carbons (Fsp3) is 0.429. The monoisotopic (exact) mass is 706 g/mol. The molecule has 1 atom stereocenters. The molecule has 0 aliphatic carbocycles. The number of piperidine rings is 1. The molecule has 3 saturated heterocycles. The molecule has 6 rings (SSSR count). The number of nitrogens with zero attached hydrogens (tertiary/aromatic N) is 3. The summed E-state index contributed by atoms with van der Waals surface area (Å²) in [6.45, 7) is 5.50. The Balaban J connectivity index is 0.00000240. The molecule has 0 aromatic heterocycles. The summed E-state index contributed by atoms with van der Waals surface area (Å²) >= 11 is 12.8. The average molecular weight is 709 g/mol. The molecule has 0 spiro atoms. The van der Waals surface area contributed by atoms with Gasteiger partial charge in [0.05, 0.1) is 28.6 Å². The van der Waals surface area contributed by atoms with Crippen LogP contribution in [-0.4, -0.2) is 79.0 Å². The van der Waals surface area contributed by atoms with Gasteiger partial charge in [-0.1, -0.05) is 77.8 Å². The standard InChI is InChI=1S/C35H40Cl2N4O3.2ClH/c36-30-14-13-29(25-31(30)37)35(26-40(23-24-44-35)32(42)27-9-3-1-4-10-27)17-22-39-20-15-34(16-21-39,28-11-5-2-6-12-28)33(43)38-41-18-7-8-19-41;;/h1-6,9-14,25H,7-8,15-24,26H2,(H,38,43);2*1H. The van der Waals surface area contributed by atoms with Crippen molar-refractivity contribution in [1.29, 1.82) is 0 Å². The lowest BCUT2D eigenvalue weighted by molar-refractivity contribution is -0.134. The number of ether oxygens (including phenoxy) is 1. The third-order valence-electron chi connectivity index (χ3n) is 9.61. The number of morpholine rings is 1. The number of hydrazine groups is 1. The van der Waals surface area contributed by atoms with E-state index in [9.17, 15) is 9.59 Å². The van der Waals surface area contributed by atoms with E-state index in [4.69, 9.17) is 27.9 Å².